The van der Waals surface area contributed by atoms with Gasteiger partial charge in [-0.05, 0) is 57.8 Å². The van der Waals surface area contributed by atoms with Crippen molar-refractivity contribution in [2.75, 3.05) is 13.2 Å². The van der Waals surface area contributed by atoms with Gasteiger partial charge >= 0.3 is 5.97 Å². The summed E-state index contributed by atoms with van der Waals surface area (Å²) in [6.45, 7) is 4.94. The number of amides is 1. The molecule has 6 heteroatoms. The van der Waals surface area contributed by atoms with E-state index in [4.69, 9.17) is 4.74 Å². The number of carbonyl (C=O) groups is 2. The van der Waals surface area contributed by atoms with Gasteiger partial charge in [-0.15, -0.1) is 0 Å². The van der Waals surface area contributed by atoms with Crippen LogP contribution in [0.25, 0.3) is 0 Å². The zero-order valence-corrected chi connectivity index (χ0v) is 53.6. The first-order chi connectivity index (χ1) is 39.0. The number of ether oxygens (including phenoxy) is 1. The second-order valence-electron chi connectivity index (χ2n) is 24.9. The van der Waals surface area contributed by atoms with Crippen LogP contribution in [0, 0.1) is 0 Å². The standard InChI is InChI=1S/C73H141NO5/c1-3-5-7-9-11-13-15-17-18-19-36-39-42-45-49-53-57-61-65-71(76)70(69-75)74-72(77)66-62-58-54-50-46-43-40-37-34-32-30-28-26-24-22-20-21-23-25-27-29-31-33-35-38-41-44-48-52-56-60-64-68-79-73(78)67-63-59-55-51-47-16-14-12-10-8-6-4-2/h23,25,61,65,70-71,75-76H,3-22,24,26-60,62-64,66-69H2,1-2H3,(H,74,77)/b25-23-,65-61+. The van der Waals surface area contributed by atoms with Crippen LogP contribution in [0.1, 0.15) is 406 Å². The Balaban J connectivity index is 3.37. The molecule has 0 bridgehead atoms. The maximum atomic E-state index is 12.5. The number of carbonyl (C=O) groups excluding carboxylic acids is 2. The summed E-state index contributed by atoms with van der Waals surface area (Å²) in [4.78, 5) is 24.5. The molecule has 0 saturated heterocycles. The average molecular weight is 1110 g/mol. The third-order valence-corrected chi connectivity index (χ3v) is 17.0. The van der Waals surface area contributed by atoms with E-state index in [1.54, 1.807) is 6.08 Å². The van der Waals surface area contributed by atoms with Crippen molar-refractivity contribution in [3.63, 3.8) is 0 Å². The van der Waals surface area contributed by atoms with E-state index in [-0.39, 0.29) is 18.5 Å². The second-order valence-corrected chi connectivity index (χ2v) is 24.9. The van der Waals surface area contributed by atoms with E-state index < -0.39 is 12.1 Å². The van der Waals surface area contributed by atoms with Crippen molar-refractivity contribution in [2.24, 2.45) is 0 Å². The SMILES string of the molecule is CCCCCCCCCCCCCCCCCC/C=C/C(O)C(CO)NC(=O)CCCCCCCCCCCCCCCCCC/C=C\CCCCCCCCCCCCCCOC(=O)CCCCCCCCCCCCCC. The molecule has 2 atom stereocenters. The van der Waals surface area contributed by atoms with Crippen LogP contribution >= 0.6 is 0 Å². The maximum Gasteiger partial charge on any atom is 0.305 e. The van der Waals surface area contributed by atoms with E-state index in [1.165, 1.54) is 340 Å². The van der Waals surface area contributed by atoms with Gasteiger partial charge < -0.3 is 20.3 Å². The van der Waals surface area contributed by atoms with Crippen LogP contribution in [0.2, 0.25) is 0 Å². The highest BCUT2D eigenvalue weighted by molar-refractivity contribution is 5.76. The van der Waals surface area contributed by atoms with Gasteiger partial charge in [0.1, 0.15) is 0 Å². The molecule has 0 spiro atoms. The Morgan fingerprint density at radius 2 is 0.595 bits per heavy atom. The number of rotatable bonds is 68. The molecular weight excluding hydrogens is 971 g/mol. The largest absolute Gasteiger partial charge is 0.466 e. The monoisotopic (exact) mass is 1110 g/mol. The molecule has 0 aliphatic heterocycles. The summed E-state index contributed by atoms with van der Waals surface area (Å²) in [5.41, 5.74) is 0. The van der Waals surface area contributed by atoms with E-state index in [0.29, 0.717) is 19.4 Å². The van der Waals surface area contributed by atoms with Crippen LogP contribution in [-0.2, 0) is 14.3 Å². The smallest absolute Gasteiger partial charge is 0.305 e. The van der Waals surface area contributed by atoms with E-state index >= 15 is 0 Å². The van der Waals surface area contributed by atoms with Gasteiger partial charge in [0.2, 0.25) is 5.91 Å². The Morgan fingerprint density at radius 3 is 0.899 bits per heavy atom. The summed E-state index contributed by atoms with van der Waals surface area (Å²) in [6.07, 6.45) is 87.0. The van der Waals surface area contributed by atoms with Gasteiger partial charge in [0.25, 0.3) is 0 Å². The fourth-order valence-electron chi connectivity index (χ4n) is 11.5. The van der Waals surface area contributed by atoms with Crippen LogP contribution in [-0.4, -0.2) is 47.4 Å². The van der Waals surface area contributed by atoms with Crippen molar-refractivity contribution in [3.8, 4) is 0 Å². The molecule has 0 heterocycles. The van der Waals surface area contributed by atoms with Crippen molar-refractivity contribution in [3.05, 3.63) is 24.3 Å². The van der Waals surface area contributed by atoms with Crippen molar-refractivity contribution in [1.29, 1.82) is 0 Å². The first kappa shape index (κ1) is 77.3. The molecule has 0 saturated carbocycles. The Kier molecular flexibility index (Phi) is 67.4. The highest BCUT2D eigenvalue weighted by atomic mass is 16.5. The summed E-state index contributed by atoms with van der Waals surface area (Å²) >= 11 is 0. The predicted molar refractivity (Wildman–Crippen MR) is 347 cm³/mol. The number of hydrogen-bond acceptors (Lipinski definition) is 5. The quantitative estimate of drug-likeness (QED) is 0.0320. The summed E-state index contributed by atoms with van der Waals surface area (Å²) in [6, 6.07) is -0.626. The fourth-order valence-corrected chi connectivity index (χ4v) is 11.5. The molecular formula is C73H141NO5. The molecule has 3 N–H and O–H groups in total. The first-order valence-electron chi connectivity index (χ1n) is 36.1. The topological polar surface area (TPSA) is 95.9 Å². The van der Waals surface area contributed by atoms with Gasteiger partial charge in [-0.2, -0.15) is 0 Å². The summed E-state index contributed by atoms with van der Waals surface area (Å²) in [5, 5.41) is 23.2. The molecule has 0 aliphatic carbocycles. The number of aliphatic hydroxyl groups excluding tert-OH is 2. The van der Waals surface area contributed by atoms with Crippen LogP contribution in [0.5, 0.6) is 0 Å². The molecule has 1 amide bonds. The zero-order chi connectivity index (χ0) is 57.1. The Morgan fingerprint density at radius 1 is 0.342 bits per heavy atom. The first-order valence-corrected chi connectivity index (χ1v) is 36.1. The lowest BCUT2D eigenvalue weighted by molar-refractivity contribution is -0.143. The molecule has 0 aromatic carbocycles. The fraction of sp³-hybridized carbons (Fsp3) is 0.918. The van der Waals surface area contributed by atoms with E-state index in [2.05, 4.69) is 31.3 Å². The third-order valence-electron chi connectivity index (χ3n) is 17.0. The minimum atomic E-state index is -0.843. The number of allylic oxidation sites excluding steroid dienone is 3. The van der Waals surface area contributed by atoms with Gasteiger partial charge in [-0.1, -0.05) is 359 Å². The highest BCUT2D eigenvalue weighted by Crippen LogP contribution is 2.19. The van der Waals surface area contributed by atoms with E-state index in [9.17, 15) is 19.8 Å². The van der Waals surface area contributed by atoms with E-state index in [1.807, 2.05) is 6.08 Å². The lowest BCUT2D eigenvalue weighted by atomic mass is 10.0. The minimum Gasteiger partial charge on any atom is -0.466 e. The van der Waals surface area contributed by atoms with Crippen LogP contribution in [0.4, 0.5) is 0 Å². The molecule has 468 valence electrons. The van der Waals surface area contributed by atoms with Crippen molar-refractivity contribution in [1.82, 2.24) is 5.32 Å². The van der Waals surface area contributed by atoms with Crippen molar-refractivity contribution < 1.29 is 24.5 Å². The predicted octanol–water partition coefficient (Wildman–Crippen LogP) is 23.3. The Bertz CT molecular complexity index is 1230. The van der Waals surface area contributed by atoms with Gasteiger partial charge in [-0.25, -0.2) is 0 Å². The molecule has 79 heavy (non-hydrogen) atoms. The Labute approximate surface area is 494 Å². The van der Waals surface area contributed by atoms with Crippen LogP contribution in [0.15, 0.2) is 24.3 Å². The van der Waals surface area contributed by atoms with Gasteiger partial charge in [0.05, 0.1) is 25.4 Å². The molecule has 0 rings (SSSR count). The number of hydrogen-bond donors (Lipinski definition) is 3. The second kappa shape index (κ2) is 68.8. The van der Waals surface area contributed by atoms with Crippen molar-refractivity contribution in [2.45, 2.75) is 418 Å². The van der Waals surface area contributed by atoms with Crippen molar-refractivity contribution >= 4 is 11.9 Å². The number of nitrogens with one attached hydrogen (secondary N) is 1. The van der Waals surface area contributed by atoms with Gasteiger partial charge in [0, 0.05) is 12.8 Å². The lowest BCUT2D eigenvalue weighted by Crippen LogP contribution is -2.45. The summed E-state index contributed by atoms with van der Waals surface area (Å²) in [7, 11) is 0. The lowest BCUT2D eigenvalue weighted by Gasteiger charge is -2.20. The molecule has 0 fully saturated rings. The molecule has 6 nitrogen and oxygen atoms in total. The van der Waals surface area contributed by atoms with E-state index in [0.717, 1.165) is 38.5 Å². The molecule has 0 radical (unpaired) electrons. The molecule has 0 aliphatic rings. The van der Waals surface area contributed by atoms with Gasteiger partial charge in [0.15, 0.2) is 0 Å². The van der Waals surface area contributed by atoms with Gasteiger partial charge in [-0.3, -0.25) is 9.59 Å². The Hall–Kier alpha value is -1.66. The zero-order valence-electron chi connectivity index (χ0n) is 53.6. The van der Waals surface area contributed by atoms with Crippen LogP contribution in [0.3, 0.4) is 0 Å². The molecule has 2 unspecified atom stereocenters. The average Bonchev–Trinajstić information content (AvgIpc) is 3.45. The maximum absolute atomic E-state index is 12.5. The summed E-state index contributed by atoms with van der Waals surface area (Å²) in [5.74, 6) is -0.0425. The molecule has 0 aromatic rings. The highest BCUT2D eigenvalue weighted by Gasteiger charge is 2.18. The number of aliphatic hydroxyl groups is 2. The third kappa shape index (κ3) is 65.4. The van der Waals surface area contributed by atoms with Crippen LogP contribution < -0.4 is 5.32 Å². The summed E-state index contributed by atoms with van der Waals surface area (Å²) < 4.78 is 5.48. The number of esters is 1. The normalized spacial score (nSPS) is 12.6. The minimum absolute atomic E-state index is 0.0192. The molecule has 0 aromatic heterocycles. The number of unbranched alkanes of at least 4 members (excludes halogenated alkanes) is 55.